The van der Waals surface area contributed by atoms with Gasteiger partial charge in [-0.1, -0.05) is 17.7 Å². The number of nitrogens with one attached hydrogen (secondary N) is 1. The van der Waals surface area contributed by atoms with E-state index in [9.17, 15) is 14.3 Å². The second-order valence-electron chi connectivity index (χ2n) is 4.94. The lowest BCUT2D eigenvalue weighted by Crippen LogP contribution is -2.45. The molecule has 1 aromatic rings. The first-order valence-corrected chi connectivity index (χ1v) is 6.84. The van der Waals surface area contributed by atoms with Crippen molar-refractivity contribution in [2.75, 3.05) is 6.54 Å². The van der Waals surface area contributed by atoms with E-state index < -0.39 is 5.60 Å². The van der Waals surface area contributed by atoms with Gasteiger partial charge in [-0.2, -0.15) is 0 Å². The predicted octanol–water partition coefficient (Wildman–Crippen LogP) is 2.44. The molecule has 0 saturated heterocycles. The average Bonchev–Trinajstić information content (AvgIpc) is 2.81. The van der Waals surface area contributed by atoms with Crippen LogP contribution in [-0.2, 0) is 11.2 Å². The molecule has 1 saturated carbocycles. The summed E-state index contributed by atoms with van der Waals surface area (Å²) in [6.45, 7) is 0.266. The van der Waals surface area contributed by atoms with Crippen LogP contribution in [0.5, 0.6) is 0 Å². The van der Waals surface area contributed by atoms with Crippen LogP contribution in [0.15, 0.2) is 18.2 Å². The number of hydrogen-bond donors (Lipinski definition) is 2. The lowest BCUT2D eigenvalue weighted by molar-refractivity contribution is -0.139. The van der Waals surface area contributed by atoms with Crippen LogP contribution in [0.2, 0.25) is 5.02 Å². The van der Waals surface area contributed by atoms with Gasteiger partial charge in [-0.25, -0.2) is 4.39 Å². The van der Waals surface area contributed by atoms with Crippen molar-refractivity contribution in [1.29, 1.82) is 0 Å². The summed E-state index contributed by atoms with van der Waals surface area (Å²) >= 11 is 5.90. The summed E-state index contributed by atoms with van der Waals surface area (Å²) in [5, 5.41) is 13.1. The summed E-state index contributed by atoms with van der Waals surface area (Å²) in [6, 6.07) is 4.50. The number of halogens is 2. The van der Waals surface area contributed by atoms with Gasteiger partial charge in [0.05, 0.1) is 0 Å². The standard InChI is InChI=1S/C14H17ClFNO2/c15-11-4-3-5-12(16)10(11)6-9-17-13(18)14(19)7-1-2-8-14/h3-5,19H,1-2,6-9H2,(H,17,18). The SMILES string of the molecule is O=C(NCCc1c(F)cccc1Cl)C1(O)CCCC1. The number of hydrogen-bond acceptors (Lipinski definition) is 2. The van der Waals surface area contributed by atoms with Crippen molar-refractivity contribution in [3.05, 3.63) is 34.6 Å². The maximum absolute atomic E-state index is 13.5. The third-order valence-corrected chi connectivity index (χ3v) is 3.93. The van der Waals surface area contributed by atoms with Gasteiger partial charge in [0.2, 0.25) is 0 Å². The Labute approximate surface area is 116 Å². The summed E-state index contributed by atoms with van der Waals surface area (Å²) < 4.78 is 13.5. The van der Waals surface area contributed by atoms with Crippen molar-refractivity contribution < 1.29 is 14.3 Å². The molecule has 1 fully saturated rings. The summed E-state index contributed by atoms with van der Waals surface area (Å²) in [7, 11) is 0. The van der Waals surface area contributed by atoms with Crippen molar-refractivity contribution >= 4 is 17.5 Å². The molecule has 0 radical (unpaired) electrons. The Balaban J connectivity index is 1.88. The molecule has 3 nitrogen and oxygen atoms in total. The molecular weight excluding hydrogens is 269 g/mol. The second kappa shape index (κ2) is 5.88. The smallest absolute Gasteiger partial charge is 0.251 e. The summed E-state index contributed by atoms with van der Waals surface area (Å²) in [6.07, 6.45) is 3.04. The van der Waals surface area contributed by atoms with Crippen LogP contribution in [0.1, 0.15) is 31.2 Å². The maximum Gasteiger partial charge on any atom is 0.251 e. The van der Waals surface area contributed by atoms with E-state index in [4.69, 9.17) is 11.6 Å². The van der Waals surface area contributed by atoms with E-state index in [0.29, 0.717) is 29.8 Å². The highest BCUT2D eigenvalue weighted by atomic mass is 35.5. The van der Waals surface area contributed by atoms with Gasteiger partial charge in [-0.05, 0) is 44.2 Å². The zero-order chi connectivity index (χ0) is 13.9. The third kappa shape index (κ3) is 3.25. The molecule has 0 bridgehead atoms. The Kier molecular flexibility index (Phi) is 4.42. The monoisotopic (exact) mass is 285 g/mol. The van der Waals surface area contributed by atoms with Crippen LogP contribution < -0.4 is 5.32 Å². The number of rotatable bonds is 4. The number of aliphatic hydroxyl groups is 1. The van der Waals surface area contributed by atoms with Gasteiger partial charge in [0, 0.05) is 17.1 Å². The Hall–Kier alpha value is -1.13. The highest BCUT2D eigenvalue weighted by molar-refractivity contribution is 6.31. The second-order valence-corrected chi connectivity index (χ2v) is 5.35. The van der Waals surface area contributed by atoms with E-state index in [0.717, 1.165) is 12.8 Å². The van der Waals surface area contributed by atoms with Crippen LogP contribution in [-0.4, -0.2) is 23.2 Å². The highest BCUT2D eigenvalue weighted by Crippen LogP contribution is 2.29. The molecule has 0 unspecified atom stereocenters. The first-order chi connectivity index (χ1) is 9.03. The fourth-order valence-electron chi connectivity index (χ4n) is 2.42. The van der Waals surface area contributed by atoms with Gasteiger partial charge in [0.15, 0.2) is 0 Å². The Morgan fingerprint density at radius 2 is 2.11 bits per heavy atom. The van der Waals surface area contributed by atoms with Gasteiger partial charge in [-0.3, -0.25) is 4.79 Å². The number of carbonyl (C=O) groups is 1. The normalized spacial score (nSPS) is 17.4. The van der Waals surface area contributed by atoms with Gasteiger partial charge in [-0.15, -0.1) is 0 Å². The molecule has 0 aromatic heterocycles. The molecule has 0 heterocycles. The Morgan fingerprint density at radius 1 is 1.42 bits per heavy atom. The molecule has 1 aromatic carbocycles. The van der Waals surface area contributed by atoms with Gasteiger partial charge in [0.25, 0.3) is 5.91 Å². The fourth-order valence-corrected chi connectivity index (χ4v) is 2.68. The van der Waals surface area contributed by atoms with Crippen LogP contribution in [0.4, 0.5) is 4.39 Å². The van der Waals surface area contributed by atoms with Gasteiger partial charge in [0.1, 0.15) is 11.4 Å². The first kappa shape index (κ1) is 14.3. The molecule has 19 heavy (non-hydrogen) atoms. The number of carbonyl (C=O) groups excluding carboxylic acids is 1. The van der Waals surface area contributed by atoms with E-state index in [2.05, 4.69) is 5.32 Å². The molecule has 1 amide bonds. The molecule has 0 spiro atoms. The minimum atomic E-state index is -1.24. The molecule has 1 aliphatic carbocycles. The van der Waals surface area contributed by atoms with Crippen LogP contribution in [0.25, 0.3) is 0 Å². The fraction of sp³-hybridized carbons (Fsp3) is 0.500. The minimum Gasteiger partial charge on any atom is -0.380 e. The maximum atomic E-state index is 13.5. The lowest BCUT2D eigenvalue weighted by atomic mass is 10.0. The van der Waals surface area contributed by atoms with Crippen LogP contribution >= 0.6 is 11.6 Å². The number of amides is 1. The zero-order valence-electron chi connectivity index (χ0n) is 10.6. The average molecular weight is 286 g/mol. The number of benzene rings is 1. The topological polar surface area (TPSA) is 49.3 Å². The van der Waals surface area contributed by atoms with Crippen molar-refractivity contribution in [2.45, 2.75) is 37.7 Å². The van der Waals surface area contributed by atoms with E-state index in [1.54, 1.807) is 12.1 Å². The van der Waals surface area contributed by atoms with Crippen molar-refractivity contribution in [1.82, 2.24) is 5.32 Å². The van der Waals surface area contributed by atoms with Crippen molar-refractivity contribution in [2.24, 2.45) is 0 Å². The van der Waals surface area contributed by atoms with Crippen LogP contribution in [0, 0.1) is 5.82 Å². The summed E-state index contributed by atoms with van der Waals surface area (Å²) in [5.41, 5.74) is -0.846. The Bertz CT molecular complexity index is 452. The predicted molar refractivity (Wildman–Crippen MR) is 71.5 cm³/mol. The molecule has 0 aliphatic heterocycles. The molecule has 2 rings (SSSR count). The van der Waals surface area contributed by atoms with E-state index in [-0.39, 0.29) is 18.3 Å². The lowest BCUT2D eigenvalue weighted by Gasteiger charge is -2.21. The molecule has 1 aliphatic rings. The first-order valence-electron chi connectivity index (χ1n) is 6.46. The molecule has 5 heteroatoms. The summed E-state index contributed by atoms with van der Waals surface area (Å²) in [4.78, 5) is 11.8. The summed E-state index contributed by atoms with van der Waals surface area (Å²) in [5.74, 6) is -0.737. The Morgan fingerprint density at radius 3 is 2.74 bits per heavy atom. The zero-order valence-corrected chi connectivity index (χ0v) is 11.3. The van der Waals surface area contributed by atoms with Crippen molar-refractivity contribution in [3.63, 3.8) is 0 Å². The molecule has 2 N–H and O–H groups in total. The van der Waals surface area contributed by atoms with Crippen molar-refractivity contribution in [3.8, 4) is 0 Å². The highest BCUT2D eigenvalue weighted by Gasteiger charge is 2.38. The molecule has 0 atom stereocenters. The quantitative estimate of drug-likeness (QED) is 0.893. The van der Waals surface area contributed by atoms with E-state index >= 15 is 0 Å². The van der Waals surface area contributed by atoms with Crippen LogP contribution in [0.3, 0.4) is 0 Å². The van der Waals surface area contributed by atoms with Gasteiger partial charge >= 0.3 is 0 Å². The molecule has 104 valence electrons. The van der Waals surface area contributed by atoms with E-state index in [1.807, 2.05) is 0 Å². The van der Waals surface area contributed by atoms with Gasteiger partial charge < -0.3 is 10.4 Å². The van der Waals surface area contributed by atoms with E-state index in [1.165, 1.54) is 6.07 Å². The third-order valence-electron chi connectivity index (χ3n) is 3.58. The minimum absolute atomic E-state index is 0.266. The molecular formula is C14H17ClFNO2. The largest absolute Gasteiger partial charge is 0.380 e.